The highest BCUT2D eigenvalue weighted by atomic mass is 16.3. The summed E-state index contributed by atoms with van der Waals surface area (Å²) < 4.78 is 0. The zero-order valence-electron chi connectivity index (χ0n) is 8.25. The van der Waals surface area contributed by atoms with E-state index >= 15 is 0 Å². The minimum atomic E-state index is -0.521. The summed E-state index contributed by atoms with van der Waals surface area (Å²) in [7, 11) is 0. The van der Waals surface area contributed by atoms with Crippen LogP contribution >= 0.6 is 0 Å². The Morgan fingerprint density at radius 3 is 2.23 bits per heavy atom. The van der Waals surface area contributed by atoms with Crippen molar-refractivity contribution in [1.29, 1.82) is 0 Å². The Labute approximate surface area is 79.4 Å². The van der Waals surface area contributed by atoms with E-state index in [4.69, 9.17) is 0 Å². The smallest absolute Gasteiger partial charge is 0.0901 e. The lowest BCUT2D eigenvalue weighted by Crippen LogP contribution is -2.39. The Balaban J connectivity index is 2.22. The minimum absolute atomic E-state index is 0.521. The molecule has 2 rings (SSSR count). The standard InChI is InChI=1S/C12H16O/c1-9-3-5-11(6-4-9)12(13)7-10(2)8-12/h3-6,10,13H,7-8H2,1-2H3. The van der Waals surface area contributed by atoms with Crippen LogP contribution in [0.3, 0.4) is 0 Å². The van der Waals surface area contributed by atoms with E-state index in [9.17, 15) is 5.11 Å². The quantitative estimate of drug-likeness (QED) is 0.697. The van der Waals surface area contributed by atoms with Crippen LogP contribution in [-0.4, -0.2) is 5.11 Å². The first kappa shape index (κ1) is 8.76. The molecule has 1 nitrogen and oxygen atoms in total. The molecule has 70 valence electrons. The van der Waals surface area contributed by atoms with Gasteiger partial charge in [0.05, 0.1) is 5.60 Å². The topological polar surface area (TPSA) is 20.2 Å². The van der Waals surface area contributed by atoms with Crippen LogP contribution in [0.1, 0.15) is 30.9 Å². The Kier molecular flexibility index (Phi) is 1.92. The van der Waals surface area contributed by atoms with Gasteiger partial charge in [0, 0.05) is 0 Å². The fourth-order valence-corrected chi connectivity index (χ4v) is 2.19. The highest BCUT2D eigenvalue weighted by molar-refractivity contribution is 5.28. The number of benzene rings is 1. The number of rotatable bonds is 1. The second kappa shape index (κ2) is 2.85. The molecule has 1 fully saturated rings. The van der Waals surface area contributed by atoms with E-state index in [0.29, 0.717) is 5.92 Å². The first-order chi connectivity index (χ1) is 6.10. The normalized spacial score (nSPS) is 32.7. The Morgan fingerprint density at radius 2 is 1.77 bits per heavy atom. The van der Waals surface area contributed by atoms with Gasteiger partial charge in [0.25, 0.3) is 0 Å². The zero-order chi connectivity index (χ0) is 9.47. The predicted molar refractivity (Wildman–Crippen MR) is 53.5 cm³/mol. The van der Waals surface area contributed by atoms with E-state index < -0.39 is 5.60 Å². The van der Waals surface area contributed by atoms with E-state index in [0.717, 1.165) is 18.4 Å². The summed E-state index contributed by atoms with van der Waals surface area (Å²) in [6.07, 6.45) is 1.83. The largest absolute Gasteiger partial charge is 0.385 e. The first-order valence-electron chi connectivity index (χ1n) is 4.90. The lowest BCUT2D eigenvalue weighted by molar-refractivity contribution is -0.0738. The van der Waals surface area contributed by atoms with Gasteiger partial charge in [-0.3, -0.25) is 0 Å². The van der Waals surface area contributed by atoms with Gasteiger partial charge in [-0.2, -0.15) is 0 Å². The van der Waals surface area contributed by atoms with Gasteiger partial charge in [-0.25, -0.2) is 0 Å². The van der Waals surface area contributed by atoms with Gasteiger partial charge < -0.3 is 5.11 Å². The average molecular weight is 176 g/mol. The van der Waals surface area contributed by atoms with Crippen LogP contribution in [-0.2, 0) is 5.60 Å². The summed E-state index contributed by atoms with van der Waals surface area (Å²) in [5.41, 5.74) is 1.81. The molecular weight excluding hydrogens is 160 g/mol. The summed E-state index contributed by atoms with van der Waals surface area (Å²) >= 11 is 0. The van der Waals surface area contributed by atoms with Crippen LogP contribution in [0.15, 0.2) is 24.3 Å². The summed E-state index contributed by atoms with van der Waals surface area (Å²) in [6.45, 7) is 4.25. The van der Waals surface area contributed by atoms with Crippen molar-refractivity contribution >= 4 is 0 Å². The fraction of sp³-hybridized carbons (Fsp3) is 0.500. The molecule has 1 aromatic rings. The third-order valence-electron chi connectivity index (χ3n) is 2.96. The maximum atomic E-state index is 10.1. The van der Waals surface area contributed by atoms with Gasteiger partial charge in [0.1, 0.15) is 0 Å². The van der Waals surface area contributed by atoms with Crippen molar-refractivity contribution in [2.75, 3.05) is 0 Å². The van der Waals surface area contributed by atoms with E-state index in [1.54, 1.807) is 0 Å². The Morgan fingerprint density at radius 1 is 1.23 bits per heavy atom. The molecule has 0 atom stereocenters. The summed E-state index contributed by atoms with van der Waals surface area (Å²) in [4.78, 5) is 0. The number of hydrogen-bond acceptors (Lipinski definition) is 1. The van der Waals surface area contributed by atoms with Gasteiger partial charge in [0.2, 0.25) is 0 Å². The average Bonchev–Trinajstić information content (AvgIpc) is 2.03. The fourth-order valence-electron chi connectivity index (χ4n) is 2.19. The SMILES string of the molecule is Cc1ccc(C2(O)CC(C)C2)cc1. The molecule has 1 saturated carbocycles. The van der Waals surface area contributed by atoms with Gasteiger partial charge in [-0.1, -0.05) is 36.8 Å². The third kappa shape index (κ3) is 1.49. The molecule has 0 radical (unpaired) electrons. The second-order valence-corrected chi connectivity index (χ2v) is 4.41. The molecule has 0 saturated heterocycles. The molecule has 1 aromatic carbocycles. The summed E-state index contributed by atoms with van der Waals surface area (Å²) in [5.74, 6) is 0.673. The number of aliphatic hydroxyl groups is 1. The van der Waals surface area contributed by atoms with Crippen molar-refractivity contribution in [3.63, 3.8) is 0 Å². The molecule has 0 amide bonds. The molecule has 13 heavy (non-hydrogen) atoms. The number of hydrogen-bond donors (Lipinski definition) is 1. The van der Waals surface area contributed by atoms with Crippen LogP contribution in [0.5, 0.6) is 0 Å². The van der Waals surface area contributed by atoms with Crippen LogP contribution < -0.4 is 0 Å². The Bertz CT molecular complexity index is 293. The zero-order valence-corrected chi connectivity index (χ0v) is 8.25. The molecule has 0 bridgehead atoms. The second-order valence-electron chi connectivity index (χ2n) is 4.41. The predicted octanol–water partition coefficient (Wildman–Crippen LogP) is 2.61. The molecule has 1 N–H and O–H groups in total. The van der Waals surface area contributed by atoms with Crippen LogP contribution in [0, 0.1) is 12.8 Å². The molecule has 0 unspecified atom stereocenters. The third-order valence-corrected chi connectivity index (χ3v) is 2.96. The number of aryl methyl sites for hydroxylation is 1. The van der Waals surface area contributed by atoms with E-state index in [1.807, 2.05) is 12.1 Å². The van der Waals surface area contributed by atoms with Gasteiger partial charge in [-0.05, 0) is 31.2 Å². The van der Waals surface area contributed by atoms with Crippen molar-refractivity contribution in [3.8, 4) is 0 Å². The molecule has 0 heterocycles. The Hall–Kier alpha value is -0.820. The van der Waals surface area contributed by atoms with E-state index in [1.165, 1.54) is 5.56 Å². The maximum absolute atomic E-state index is 10.1. The molecule has 1 heteroatoms. The minimum Gasteiger partial charge on any atom is -0.385 e. The van der Waals surface area contributed by atoms with Crippen LogP contribution in [0.2, 0.25) is 0 Å². The molecule has 1 aliphatic carbocycles. The van der Waals surface area contributed by atoms with E-state index in [-0.39, 0.29) is 0 Å². The van der Waals surface area contributed by atoms with Crippen molar-refractivity contribution in [3.05, 3.63) is 35.4 Å². The van der Waals surface area contributed by atoms with Crippen molar-refractivity contribution < 1.29 is 5.11 Å². The monoisotopic (exact) mass is 176 g/mol. The lowest BCUT2D eigenvalue weighted by atomic mass is 9.68. The highest BCUT2D eigenvalue weighted by Gasteiger charge is 2.41. The van der Waals surface area contributed by atoms with Crippen molar-refractivity contribution in [2.45, 2.75) is 32.3 Å². The molecular formula is C12H16O. The summed E-state index contributed by atoms with van der Waals surface area (Å²) in [5, 5.41) is 10.1. The molecule has 0 aromatic heterocycles. The van der Waals surface area contributed by atoms with Crippen LogP contribution in [0.25, 0.3) is 0 Å². The van der Waals surface area contributed by atoms with Gasteiger partial charge in [-0.15, -0.1) is 0 Å². The van der Waals surface area contributed by atoms with Crippen LogP contribution in [0.4, 0.5) is 0 Å². The van der Waals surface area contributed by atoms with Crippen molar-refractivity contribution in [2.24, 2.45) is 5.92 Å². The molecule has 1 aliphatic rings. The van der Waals surface area contributed by atoms with Gasteiger partial charge >= 0.3 is 0 Å². The summed E-state index contributed by atoms with van der Waals surface area (Å²) in [6, 6.07) is 8.22. The molecule has 0 aliphatic heterocycles. The highest BCUT2D eigenvalue weighted by Crippen LogP contribution is 2.45. The molecule has 0 spiro atoms. The lowest BCUT2D eigenvalue weighted by Gasteiger charge is -2.42. The maximum Gasteiger partial charge on any atom is 0.0901 e. The van der Waals surface area contributed by atoms with Crippen molar-refractivity contribution in [1.82, 2.24) is 0 Å². The first-order valence-corrected chi connectivity index (χ1v) is 4.90. The van der Waals surface area contributed by atoms with Gasteiger partial charge in [0.15, 0.2) is 0 Å². The van der Waals surface area contributed by atoms with E-state index in [2.05, 4.69) is 26.0 Å².